The summed E-state index contributed by atoms with van der Waals surface area (Å²) in [4.78, 5) is 4.78. The minimum atomic E-state index is 0.564. The van der Waals surface area contributed by atoms with Crippen LogP contribution in [0.4, 0.5) is 0 Å². The summed E-state index contributed by atoms with van der Waals surface area (Å²) >= 11 is 0. The van der Waals surface area contributed by atoms with Crippen molar-refractivity contribution >= 4 is 5.71 Å². The molecule has 0 aliphatic carbocycles. The SMILES string of the molecule is COc1ccc(C2=NCCc3ccc(OCc4ccccc4)cc32)cc1. The van der Waals surface area contributed by atoms with E-state index in [1.165, 1.54) is 5.56 Å². The fraction of sp³-hybridized carbons (Fsp3) is 0.174. The average Bonchev–Trinajstić information content (AvgIpc) is 2.72. The molecule has 0 radical (unpaired) electrons. The highest BCUT2D eigenvalue weighted by molar-refractivity contribution is 6.14. The summed E-state index contributed by atoms with van der Waals surface area (Å²) in [5.41, 5.74) is 5.77. The van der Waals surface area contributed by atoms with Gasteiger partial charge in [0.1, 0.15) is 18.1 Å². The minimum Gasteiger partial charge on any atom is -0.497 e. The van der Waals surface area contributed by atoms with Gasteiger partial charge in [-0.1, -0.05) is 36.4 Å². The highest BCUT2D eigenvalue weighted by Gasteiger charge is 2.17. The molecule has 0 amide bonds. The Hall–Kier alpha value is -3.07. The van der Waals surface area contributed by atoms with E-state index in [1.807, 2.05) is 30.3 Å². The van der Waals surface area contributed by atoms with Crippen molar-refractivity contribution in [2.45, 2.75) is 13.0 Å². The smallest absolute Gasteiger partial charge is 0.120 e. The molecule has 3 aromatic carbocycles. The van der Waals surface area contributed by atoms with Crippen molar-refractivity contribution in [3.8, 4) is 11.5 Å². The molecule has 3 aromatic rings. The maximum atomic E-state index is 6.00. The van der Waals surface area contributed by atoms with Crippen molar-refractivity contribution < 1.29 is 9.47 Å². The molecule has 26 heavy (non-hydrogen) atoms. The predicted octanol–water partition coefficient (Wildman–Crippen LogP) is 4.67. The van der Waals surface area contributed by atoms with Gasteiger partial charge in [0.05, 0.1) is 12.8 Å². The molecule has 130 valence electrons. The third-order valence-corrected chi connectivity index (χ3v) is 4.60. The van der Waals surface area contributed by atoms with E-state index in [1.54, 1.807) is 7.11 Å². The Kier molecular flexibility index (Phi) is 4.69. The quantitative estimate of drug-likeness (QED) is 0.674. The topological polar surface area (TPSA) is 30.8 Å². The number of ether oxygens (including phenoxy) is 2. The summed E-state index contributed by atoms with van der Waals surface area (Å²) < 4.78 is 11.3. The van der Waals surface area contributed by atoms with Crippen LogP contribution < -0.4 is 9.47 Å². The molecule has 1 heterocycles. The lowest BCUT2D eigenvalue weighted by molar-refractivity contribution is 0.306. The minimum absolute atomic E-state index is 0.564. The summed E-state index contributed by atoms with van der Waals surface area (Å²) in [6.45, 7) is 1.38. The Bertz CT molecular complexity index is 915. The van der Waals surface area contributed by atoms with E-state index in [2.05, 4.69) is 42.5 Å². The summed E-state index contributed by atoms with van der Waals surface area (Å²) in [6.07, 6.45) is 0.966. The second kappa shape index (κ2) is 7.44. The molecule has 0 N–H and O–H groups in total. The number of hydrogen-bond donors (Lipinski definition) is 0. The van der Waals surface area contributed by atoms with E-state index >= 15 is 0 Å². The van der Waals surface area contributed by atoms with Crippen LogP contribution in [0.1, 0.15) is 22.3 Å². The van der Waals surface area contributed by atoms with E-state index in [0.717, 1.165) is 46.9 Å². The number of hydrogen-bond acceptors (Lipinski definition) is 3. The second-order valence-electron chi connectivity index (χ2n) is 6.30. The highest BCUT2D eigenvalue weighted by atomic mass is 16.5. The van der Waals surface area contributed by atoms with Crippen LogP contribution in [-0.4, -0.2) is 19.4 Å². The van der Waals surface area contributed by atoms with Crippen LogP contribution in [0, 0.1) is 0 Å². The average molecular weight is 343 g/mol. The van der Waals surface area contributed by atoms with Gasteiger partial charge >= 0.3 is 0 Å². The van der Waals surface area contributed by atoms with Gasteiger partial charge in [-0.25, -0.2) is 0 Å². The molecule has 0 aromatic heterocycles. The maximum absolute atomic E-state index is 6.00. The summed E-state index contributed by atoms with van der Waals surface area (Å²) in [5, 5.41) is 0. The molecule has 1 aliphatic rings. The van der Waals surface area contributed by atoms with Crippen LogP contribution in [0.15, 0.2) is 77.8 Å². The van der Waals surface area contributed by atoms with Gasteiger partial charge in [0.25, 0.3) is 0 Å². The van der Waals surface area contributed by atoms with Crippen LogP contribution in [0.5, 0.6) is 11.5 Å². The Labute approximate surface area is 153 Å². The lowest BCUT2D eigenvalue weighted by Crippen LogP contribution is -2.14. The lowest BCUT2D eigenvalue weighted by atomic mass is 9.93. The Morgan fingerprint density at radius 3 is 2.42 bits per heavy atom. The third kappa shape index (κ3) is 3.47. The van der Waals surface area contributed by atoms with Gasteiger partial charge in [0.2, 0.25) is 0 Å². The van der Waals surface area contributed by atoms with Gasteiger partial charge < -0.3 is 9.47 Å². The Morgan fingerprint density at radius 1 is 0.885 bits per heavy atom. The number of fused-ring (bicyclic) bond motifs is 1. The van der Waals surface area contributed by atoms with E-state index in [4.69, 9.17) is 14.5 Å². The molecule has 0 spiro atoms. The van der Waals surface area contributed by atoms with E-state index in [0.29, 0.717) is 6.61 Å². The van der Waals surface area contributed by atoms with Gasteiger partial charge in [-0.15, -0.1) is 0 Å². The van der Waals surface area contributed by atoms with Crippen LogP contribution in [0.25, 0.3) is 0 Å². The Morgan fingerprint density at radius 2 is 1.65 bits per heavy atom. The van der Waals surface area contributed by atoms with Crippen molar-refractivity contribution in [2.24, 2.45) is 4.99 Å². The summed E-state index contributed by atoms with van der Waals surface area (Å²) in [5.74, 6) is 1.72. The molecule has 0 fully saturated rings. The van der Waals surface area contributed by atoms with Crippen molar-refractivity contribution in [1.82, 2.24) is 0 Å². The summed E-state index contributed by atoms with van der Waals surface area (Å²) in [7, 11) is 1.68. The molecular formula is C23H21NO2. The molecule has 0 atom stereocenters. The molecule has 4 rings (SSSR count). The van der Waals surface area contributed by atoms with Gasteiger partial charge in [0.15, 0.2) is 0 Å². The van der Waals surface area contributed by atoms with Crippen LogP contribution in [-0.2, 0) is 13.0 Å². The fourth-order valence-corrected chi connectivity index (χ4v) is 3.19. The molecule has 3 heteroatoms. The standard InChI is InChI=1S/C23H21NO2/c1-25-20-10-8-19(9-11-20)23-22-15-21(12-7-18(22)13-14-24-23)26-16-17-5-3-2-4-6-17/h2-12,15H,13-14,16H2,1H3. The number of nitrogens with zero attached hydrogens (tertiary/aromatic N) is 1. The van der Waals surface area contributed by atoms with Crippen molar-refractivity contribution in [1.29, 1.82) is 0 Å². The molecule has 1 aliphatic heterocycles. The zero-order chi connectivity index (χ0) is 17.8. The first-order valence-electron chi connectivity index (χ1n) is 8.82. The van der Waals surface area contributed by atoms with E-state index in [9.17, 15) is 0 Å². The lowest BCUT2D eigenvalue weighted by Gasteiger charge is -2.19. The zero-order valence-corrected chi connectivity index (χ0v) is 14.8. The van der Waals surface area contributed by atoms with Crippen LogP contribution in [0.2, 0.25) is 0 Å². The predicted molar refractivity (Wildman–Crippen MR) is 104 cm³/mol. The first kappa shape index (κ1) is 16.4. The van der Waals surface area contributed by atoms with Crippen molar-refractivity contribution in [3.05, 3.63) is 95.1 Å². The molecule has 3 nitrogen and oxygen atoms in total. The number of aliphatic imine (C=N–C) groups is 1. The van der Waals surface area contributed by atoms with Gasteiger partial charge in [0, 0.05) is 17.7 Å². The maximum Gasteiger partial charge on any atom is 0.120 e. The highest BCUT2D eigenvalue weighted by Crippen LogP contribution is 2.26. The van der Waals surface area contributed by atoms with Gasteiger partial charge in [-0.2, -0.15) is 0 Å². The number of benzene rings is 3. The van der Waals surface area contributed by atoms with Crippen molar-refractivity contribution in [3.63, 3.8) is 0 Å². The van der Waals surface area contributed by atoms with Crippen molar-refractivity contribution in [2.75, 3.05) is 13.7 Å². The second-order valence-corrected chi connectivity index (χ2v) is 6.30. The van der Waals surface area contributed by atoms with E-state index in [-0.39, 0.29) is 0 Å². The first-order valence-corrected chi connectivity index (χ1v) is 8.82. The third-order valence-electron chi connectivity index (χ3n) is 4.60. The van der Waals surface area contributed by atoms with Crippen LogP contribution >= 0.6 is 0 Å². The van der Waals surface area contributed by atoms with Crippen LogP contribution in [0.3, 0.4) is 0 Å². The molecule has 0 saturated heterocycles. The normalized spacial score (nSPS) is 12.9. The number of rotatable bonds is 5. The van der Waals surface area contributed by atoms with E-state index < -0.39 is 0 Å². The van der Waals surface area contributed by atoms with Gasteiger partial charge in [-0.05, 0) is 53.9 Å². The van der Waals surface area contributed by atoms with Gasteiger partial charge in [-0.3, -0.25) is 4.99 Å². The molecule has 0 unspecified atom stereocenters. The zero-order valence-electron chi connectivity index (χ0n) is 14.8. The number of methoxy groups -OCH3 is 1. The first-order chi connectivity index (χ1) is 12.8. The fourth-order valence-electron chi connectivity index (χ4n) is 3.19. The summed E-state index contributed by atoms with van der Waals surface area (Å²) in [6, 6.07) is 24.6. The monoisotopic (exact) mass is 343 g/mol. The largest absolute Gasteiger partial charge is 0.497 e. The Balaban J connectivity index is 1.59. The molecular weight excluding hydrogens is 322 g/mol. The molecule has 0 saturated carbocycles. The molecule has 0 bridgehead atoms.